The van der Waals surface area contributed by atoms with E-state index in [-0.39, 0.29) is 0 Å². The molecule has 0 aromatic heterocycles. The van der Waals surface area contributed by atoms with Gasteiger partial charge in [0.1, 0.15) is 9.52 Å². The zero-order chi connectivity index (χ0) is 17.5. The molecule has 0 atom stereocenters. The number of hydrogen-bond donors (Lipinski definition) is 0. The first kappa shape index (κ1) is 20.2. The quantitative estimate of drug-likeness (QED) is 0.573. The molecule has 0 saturated carbocycles. The molecule has 0 amide bonds. The van der Waals surface area contributed by atoms with Crippen molar-refractivity contribution < 1.29 is 8.85 Å². The van der Waals surface area contributed by atoms with E-state index < -0.39 is 9.28 Å². The molecule has 0 aromatic carbocycles. The number of rotatable bonds is 7. The van der Waals surface area contributed by atoms with Crippen molar-refractivity contribution in [3.63, 3.8) is 0 Å². The van der Waals surface area contributed by atoms with Crippen molar-refractivity contribution >= 4 is 18.8 Å². The van der Waals surface area contributed by atoms with Crippen LogP contribution in [-0.2, 0) is 8.85 Å². The highest BCUT2D eigenvalue weighted by Crippen LogP contribution is 2.13. The lowest BCUT2D eigenvalue weighted by Crippen LogP contribution is -2.61. The summed E-state index contributed by atoms with van der Waals surface area (Å²) >= 11 is 0. The van der Waals surface area contributed by atoms with Gasteiger partial charge in [-0.2, -0.15) is 0 Å². The summed E-state index contributed by atoms with van der Waals surface area (Å²) in [5.74, 6) is 0.527. The molecule has 2 heterocycles. The molecule has 0 aliphatic carbocycles. The van der Waals surface area contributed by atoms with E-state index in [1.807, 2.05) is 0 Å². The number of hydrogen-bond acceptors (Lipinski definition) is 6. The minimum absolute atomic E-state index is 0.527. The van der Waals surface area contributed by atoms with E-state index in [0.717, 1.165) is 9.52 Å². The lowest BCUT2D eigenvalue weighted by atomic mass is 10.3. The number of allylic oxidation sites excluding steroid dienone is 1. The third-order valence-electron chi connectivity index (χ3n) is 4.91. The van der Waals surface area contributed by atoms with Crippen molar-refractivity contribution in [2.45, 2.75) is 12.7 Å². The van der Waals surface area contributed by atoms with Gasteiger partial charge in [0, 0.05) is 66.6 Å². The second-order valence-corrected chi connectivity index (χ2v) is 10.1. The summed E-state index contributed by atoms with van der Waals surface area (Å²) in [5, 5.41) is 1.27. The summed E-state index contributed by atoms with van der Waals surface area (Å²) in [6, 6.07) is 0. The molecule has 2 aliphatic heterocycles. The Hall–Kier alpha value is -0.0662. The van der Waals surface area contributed by atoms with Gasteiger partial charge in [-0.1, -0.05) is 5.70 Å². The summed E-state index contributed by atoms with van der Waals surface area (Å²) in [5.41, 5.74) is 2.38. The van der Waals surface area contributed by atoms with Crippen LogP contribution >= 0.6 is 0 Å². The molecule has 0 aromatic rings. The molecular weight excluding hydrogens is 336 g/mol. The maximum absolute atomic E-state index is 5.49. The lowest BCUT2D eigenvalue weighted by Gasteiger charge is -2.45. The average Bonchev–Trinajstić information content (AvgIpc) is 2.59. The maximum atomic E-state index is 5.49. The molecule has 8 heteroatoms. The van der Waals surface area contributed by atoms with Gasteiger partial charge in [-0.15, -0.1) is 0 Å². The average molecular weight is 370 g/mol. The molecule has 2 saturated heterocycles. The molecule has 0 N–H and O–H groups in total. The van der Waals surface area contributed by atoms with Gasteiger partial charge in [-0.25, -0.2) is 0 Å². The summed E-state index contributed by atoms with van der Waals surface area (Å²) in [7, 11) is 7.45. The maximum Gasteiger partial charge on any atom is 0.417 e. The first-order valence-corrected chi connectivity index (χ1v) is 11.3. The van der Waals surface area contributed by atoms with Crippen LogP contribution in [0.5, 0.6) is 0 Å². The smallest absolute Gasteiger partial charge is 0.393 e. The van der Waals surface area contributed by atoms with Gasteiger partial charge in [0.2, 0.25) is 0 Å². The summed E-state index contributed by atoms with van der Waals surface area (Å²) in [4.78, 5) is 10.2. The van der Waals surface area contributed by atoms with Crippen LogP contribution in [0.4, 0.5) is 0 Å². The molecule has 2 rings (SSSR count). The summed E-state index contributed by atoms with van der Waals surface area (Å²) in [6.07, 6.45) is 0. The van der Waals surface area contributed by atoms with E-state index in [4.69, 9.17) is 8.85 Å². The monoisotopic (exact) mass is 369 g/mol. The van der Waals surface area contributed by atoms with Crippen molar-refractivity contribution in [2.24, 2.45) is 0 Å². The highest BCUT2D eigenvalue weighted by Gasteiger charge is 2.29. The Balaban J connectivity index is 2.03. The predicted molar refractivity (Wildman–Crippen MR) is 101 cm³/mol. The van der Waals surface area contributed by atoms with Crippen molar-refractivity contribution in [3.8, 4) is 0 Å². The Labute approximate surface area is 152 Å². The van der Waals surface area contributed by atoms with E-state index in [0.29, 0.717) is 5.79 Å². The van der Waals surface area contributed by atoms with Gasteiger partial charge in [0.25, 0.3) is 0 Å². The van der Waals surface area contributed by atoms with E-state index in [2.05, 4.69) is 46.3 Å². The minimum atomic E-state index is -1.26. The Morgan fingerprint density at radius 2 is 1.29 bits per heavy atom. The third kappa shape index (κ3) is 5.74. The molecule has 0 unspecified atom stereocenters. The minimum Gasteiger partial charge on any atom is -0.393 e. The molecule has 3 radical (unpaired) electrons. The van der Waals surface area contributed by atoms with Gasteiger partial charge in [0.15, 0.2) is 0 Å². The molecule has 0 bridgehead atoms. The SMILES string of the molecule is CO[Si](OC)C(C)=C[Si]C(N1CCN(C)CC1)N1CCN(C)CC1. The van der Waals surface area contributed by atoms with Crippen molar-refractivity contribution in [2.75, 3.05) is 80.7 Å². The largest absolute Gasteiger partial charge is 0.417 e. The second kappa shape index (κ2) is 10.2. The highest BCUT2D eigenvalue weighted by atomic mass is 28.3. The molecule has 2 aliphatic rings. The van der Waals surface area contributed by atoms with Crippen LogP contribution in [0.1, 0.15) is 6.92 Å². The van der Waals surface area contributed by atoms with Crippen LogP contribution in [0.25, 0.3) is 0 Å². The number of piperazine rings is 2. The van der Waals surface area contributed by atoms with Crippen molar-refractivity contribution in [1.29, 1.82) is 0 Å². The Kier molecular flexibility index (Phi) is 8.58. The van der Waals surface area contributed by atoms with Crippen LogP contribution < -0.4 is 0 Å². The molecule has 6 nitrogen and oxygen atoms in total. The second-order valence-electron chi connectivity index (χ2n) is 6.74. The summed E-state index contributed by atoms with van der Waals surface area (Å²) in [6.45, 7) is 11.5. The fourth-order valence-electron chi connectivity index (χ4n) is 3.24. The fourth-order valence-corrected chi connectivity index (χ4v) is 6.11. The van der Waals surface area contributed by atoms with Gasteiger partial charge in [-0.05, 0) is 26.2 Å². The highest BCUT2D eigenvalue weighted by molar-refractivity contribution is 6.57. The Bertz CT molecular complexity index is 372. The van der Waals surface area contributed by atoms with Crippen LogP contribution in [0.15, 0.2) is 10.9 Å². The molecule has 137 valence electrons. The normalized spacial score (nSPS) is 23.5. The van der Waals surface area contributed by atoms with Crippen LogP contribution in [0.2, 0.25) is 0 Å². The number of nitrogens with zero attached hydrogens (tertiary/aromatic N) is 4. The third-order valence-corrected chi connectivity index (χ3v) is 8.36. The molecule has 0 spiro atoms. The van der Waals surface area contributed by atoms with Gasteiger partial charge in [-0.3, -0.25) is 9.80 Å². The van der Waals surface area contributed by atoms with E-state index in [1.54, 1.807) is 14.2 Å². The zero-order valence-electron chi connectivity index (χ0n) is 15.9. The van der Waals surface area contributed by atoms with E-state index in [9.17, 15) is 0 Å². The fraction of sp³-hybridized carbons (Fsp3) is 0.875. The van der Waals surface area contributed by atoms with Crippen molar-refractivity contribution in [3.05, 3.63) is 10.9 Å². The topological polar surface area (TPSA) is 31.4 Å². The zero-order valence-corrected chi connectivity index (χ0v) is 17.9. The van der Waals surface area contributed by atoms with E-state index in [1.165, 1.54) is 57.6 Å². The van der Waals surface area contributed by atoms with Crippen LogP contribution in [0.3, 0.4) is 0 Å². The van der Waals surface area contributed by atoms with Crippen LogP contribution in [-0.4, -0.2) is 125 Å². The molecule has 24 heavy (non-hydrogen) atoms. The van der Waals surface area contributed by atoms with Gasteiger partial charge >= 0.3 is 9.28 Å². The Morgan fingerprint density at radius 1 is 0.875 bits per heavy atom. The van der Waals surface area contributed by atoms with Crippen molar-refractivity contribution in [1.82, 2.24) is 19.6 Å². The van der Waals surface area contributed by atoms with E-state index >= 15 is 0 Å². The standard InChI is InChI=1S/C16H33N4O2Si2/c1-15(24(21-4)22-5)14-23-16(19-10-6-17(2)7-11-19)20-12-8-18(3)9-13-20/h14,16H,6-13H2,1-5H3. The van der Waals surface area contributed by atoms with Crippen LogP contribution in [0, 0.1) is 0 Å². The predicted octanol–water partition coefficient (Wildman–Crippen LogP) is -0.307. The number of likely N-dealkylation sites (N-methyl/N-ethyl adjacent to an activating group) is 2. The van der Waals surface area contributed by atoms with Gasteiger partial charge < -0.3 is 18.7 Å². The van der Waals surface area contributed by atoms with Gasteiger partial charge in [0.05, 0.1) is 5.79 Å². The first-order valence-electron chi connectivity index (χ1n) is 8.78. The summed E-state index contributed by atoms with van der Waals surface area (Å²) < 4.78 is 11.0. The molecular formula is C16H33N4O2Si2. The molecule has 2 fully saturated rings. The first-order chi connectivity index (χ1) is 11.5. The Morgan fingerprint density at radius 3 is 1.67 bits per heavy atom. The lowest BCUT2D eigenvalue weighted by molar-refractivity contribution is 0.0318.